The molecule has 2 aromatic carbocycles. The molecule has 0 saturated carbocycles. The molecule has 0 unspecified atom stereocenters. The second-order valence-electron chi connectivity index (χ2n) is 6.41. The highest BCUT2D eigenvalue weighted by Gasteiger charge is 2.38. The summed E-state index contributed by atoms with van der Waals surface area (Å²) < 4.78 is 60.1. The number of nitrogens with one attached hydrogen (secondary N) is 1. The van der Waals surface area contributed by atoms with E-state index in [2.05, 4.69) is 5.32 Å². The van der Waals surface area contributed by atoms with Crippen molar-refractivity contribution in [2.75, 3.05) is 38.8 Å². The number of aliphatic carboxylic acids is 1. The number of rotatable bonds is 10. The predicted molar refractivity (Wildman–Crippen MR) is 116 cm³/mol. The molecule has 0 aliphatic heterocycles. The molecule has 0 heterocycles. The van der Waals surface area contributed by atoms with Crippen molar-refractivity contribution in [1.82, 2.24) is 0 Å². The number of nitrogens with two attached hydrogens (primary N) is 1. The predicted octanol–water partition coefficient (Wildman–Crippen LogP) is 3.79. The monoisotopic (exact) mass is 488 g/mol. The fourth-order valence-corrected chi connectivity index (χ4v) is 2.12. The Morgan fingerprint density at radius 3 is 2.24 bits per heavy atom. The van der Waals surface area contributed by atoms with E-state index in [1.165, 1.54) is 0 Å². The van der Waals surface area contributed by atoms with E-state index in [1.807, 2.05) is 0 Å². The number of halogens is 4. The van der Waals surface area contributed by atoms with Crippen LogP contribution in [-0.2, 0) is 9.53 Å². The van der Waals surface area contributed by atoms with Gasteiger partial charge in [0.25, 0.3) is 5.91 Å². The van der Waals surface area contributed by atoms with Crippen molar-refractivity contribution >= 4 is 17.6 Å². The van der Waals surface area contributed by atoms with Crippen LogP contribution < -0.4 is 20.5 Å². The fraction of sp³-hybridized carbons (Fsp3) is 0.273. The maximum Gasteiger partial charge on any atom is 0.490 e. The van der Waals surface area contributed by atoms with Crippen LogP contribution in [0.5, 0.6) is 11.5 Å². The van der Waals surface area contributed by atoms with Gasteiger partial charge in [-0.1, -0.05) is 6.07 Å². The maximum absolute atomic E-state index is 12.5. The van der Waals surface area contributed by atoms with Crippen LogP contribution in [-0.4, -0.2) is 56.6 Å². The Labute approximate surface area is 192 Å². The first-order valence-corrected chi connectivity index (χ1v) is 9.65. The third-order valence-corrected chi connectivity index (χ3v) is 3.85. The first-order valence-electron chi connectivity index (χ1n) is 9.65. The van der Waals surface area contributed by atoms with Gasteiger partial charge >= 0.3 is 12.1 Å². The fourth-order valence-electron chi connectivity index (χ4n) is 2.12. The number of amides is 1. The van der Waals surface area contributed by atoms with Gasteiger partial charge in [0, 0.05) is 36.5 Å². The quantitative estimate of drug-likeness (QED) is 0.344. The van der Waals surface area contributed by atoms with Crippen LogP contribution in [0.2, 0.25) is 0 Å². The number of carboxylic acids is 1. The summed E-state index contributed by atoms with van der Waals surface area (Å²) in [6.45, 7) is 1.07. The highest BCUT2D eigenvalue weighted by Crippen LogP contribution is 2.19. The molecule has 34 heavy (non-hydrogen) atoms. The van der Waals surface area contributed by atoms with Gasteiger partial charge in [0.1, 0.15) is 24.7 Å². The van der Waals surface area contributed by atoms with E-state index in [-0.39, 0.29) is 19.1 Å². The number of benzene rings is 2. The van der Waals surface area contributed by atoms with Gasteiger partial charge in [-0.2, -0.15) is 13.2 Å². The largest absolute Gasteiger partial charge is 0.491 e. The van der Waals surface area contributed by atoms with Crippen LogP contribution in [0.3, 0.4) is 0 Å². The molecule has 0 aliphatic rings. The Morgan fingerprint density at radius 2 is 1.71 bits per heavy atom. The number of methoxy groups -OCH3 is 1. The summed E-state index contributed by atoms with van der Waals surface area (Å²) in [7, 11) is 1.60. The Hall–Kier alpha value is -3.64. The summed E-state index contributed by atoms with van der Waals surface area (Å²) in [4.78, 5) is 21.3. The molecule has 2 rings (SSSR count). The molecule has 1 amide bonds. The summed E-state index contributed by atoms with van der Waals surface area (Å²) in [6.07, 6.45) is -4.64. The summed E-state index contributed by atoms with van der Waals surface area (Å²) in [6, 6.07) is 13.7. The van der Waals surface area contributed by atoms with Crippen LogP contribution in [0.4, 0.5) is 23.2 Å². The minimum Gasteiger partial charge on any atom is -0.491 e. The van der Waals surface area contributed by atoms with Crippen molar-refractivity contribution in [3.05, 3.63) is 66.0 Å². The first kappa shape index (κ1) is 28.4. The zero-order chi connectivity index (χ0) is 25.6. The first-order chi connectivity index (χ1) is 16.1. The van der Waals surface area contributed by atoms with E-state index in [1.54, 1.807) is 55.6 Å². The smallest absolute Gasteiger partial charge is 0.490 e. The molecule has 0 fully saturated rings. The van der Waals surface area contributed by atoms with E-state index in [4.69, 9.17) is 29.8 Å². The zero-order valence-corrected chi connectivity index (χ0v) is 18.1. The van der Waals surface area contributed by atoms with Gasteiger partial charge in [-0.05, 0) is 36.4 Å². The highest BCUT2D eigenvalue weighted by molar-refractivity contribution is 6.04. The van der Waals surface area contributed by atoms with Crippen molar-refractivity contribution in [1.29, 1.82) is 0 Å². The van der Waals surface area contributed by atoms with E-state index in [9.17, 15) is 22.4 Å². The van der Waals surface area contributed by atoms with Crippen LogP contribution in [0.15, 0.2) is 60.4 Å². The van der Waals surface area contributed by atoms with Gasteiger partial charge in [0.15, 0.2) is 0 Å². The molecule has 0 aliphatic carbocycles. The van der Waals surface area contributed by atoms with E-state index in [0.29, 0.717) is 47.9 Å². The molecule has 0 atom stereocenters. The summed E-state index contributed by atoms with van der Waals surface area (Å²) in [5.41, 5.74) is 6.81. The highest BCUT2D eigenvalue weighted by atomic mass is 19.4. The summed E-state index contributed by atoms with van der Waals surface area (Å²) in [5, 5.41) is 9.94. The molecule has 0 aromatic heterocycles. The number of hydrogen-bond acceptors (Lipinski definition) is 6. The second kappa shape index (κ2) is 14.5. The second-order valence-corrected chi connectivity index (χ2v) is 6.41. The van der Waals surface area contributed by atoms with Gasteiger partial charge in [0.2, 0.25) is 0 Å². The number of alkyl halides is 3. The Balaban J connectivity index is 0.000000718. The van der Waals surface area contributed by atoms with Gasteiger partial charge in [-0.15, -0.1) is 0 Å². The third-order valence-electron chi connectivity index (χ3n) is 3.85. The SMILES string of the molecule is COCCOc1cccc(NC(=O)c2ccc(OC/C(=C/F)CN)cc2)c1.O=C(O)C(F)(F)F. The number of carbonyl (C=O) groups excluding carboxylic acids is 1. The summed E-state index contributed by atoms with van der Waals surface area (Å²) >= 11 is 0. The minimum absolute atomic E-state index is 0.0639. The lowest BCUT2D eigenvalue weighted by atomic mass is 10.2. The number of ether oxygens (including phenoxy) is 3. The normalized spacial score (nSPS) is 11.2. The van der Waals surface area contributed by atoms with E-state index >= 15 is 0 Å². The molecule has 12 heteroatoms. The van der Waals surface area contributed by atoms with Crippen LogP contribution in [0.25, 0.3) is 0 Å². The number of hydrogen-bond donors (Lipinski definition) is 3. The maximum atomic E-state index is 12.5. The topological polar surface area (TPSA) is 120 Å². The third kappa shape index (κ3) is 10.8. The zero-order valence-electron chi connectivity index (χ0n) is 18.1. The molecular formula is C22H24F4N2O6. The molecule has 2 aromatic rings. The average molecular weight is 488 g/mol. The minimum atomic E-state index is -5.08. The average Bonchev–Trinajstić information content (AvgIpc) is 2.80. The van der Waals surface area contributed by atoms with Crippen molar-refractivity contribution in [3.63, 3.8) is 0 Å². The van der Waals surface area contributed by atoms with Gasteiger partial charge in [-0.25, -0.2) is 9.18 Å². The van der Waals surface area contributed by atoms with Crippen molar-refractivity contribution in [2.24, 2.45) is 5.73 Å². The summed E-state index contributed by atoms with van der Waals surface area (Å²) in [5.74, 6) is -1.85. The number of anilines is 1. The van der Waals surface area contributed by atoms with Crippen molar-refractivity contribution in [2.45, 2.75) is 6.18 Å². The standard InChI is InChI=1S/C20H23FN2O4.C2HF3O2/c1-25-9-10-26-19-4-2-3-17(11-19)23-20(24)16-5-7-18(8-6-16)27-14-15(12-21)13-22;3-2(4,5)1(6)7/h2-8,11-12H,9-10,13-14,22H2,1H3,(H,23,24);(H,6,7)/b15-12+;. The number of carbonyl (C=O) groups is 2. The van der Waals surface area contributed by atoms with Crippen LogP contribution in [0.1, 0.15) is 10.4 Å². The Morgan fingerprint density at radius 1 is 1.06 bits per heavy atom. The lowest BCUT2D eigenvalue weighted by molar-refractivity contribution is -0.192. The lowest BCUT2D eigenvalue weighted by Gasteiger charge is -2.10. The van der Waals surface area contributed by atoms with Gasteiger partial charge < -0.3 is 30.4 Å². The van der Waals surface area contributed by atoms with Crippen molar-refractivity contribution < 1.29 is 46.5 Å². The van der Waals surface area contributed by atoms with E-state index < -0.39 is 12.1 Å². The van der Waals surface area contributed by atoms with Gasteiger partial charge in [-0.3, -0.25) is 4.79 Å². The molecule has 8 nitrogen and oxygen atoms in total. The molecule has 4 N–H and O–H groups in total. The Bertz CT molecular complexity index is 949. The Kier molecular flexibility index (Phi) is 12.1. The molecule has 0 radical (unpaired) electrons. The molecule has 0 saturated heterocycles. The molecule has 0 spiro atoms. The molecular weight excluding hydrogens is 464 g/mol. The van der Waals surface area contributed by atoms with Crippen LogP contribution >= 0.6 is 0 Å². The molecule has 0 bridgehead atoms. The van der Waals surface area contributed by atoms with Crippen LogP contribution in [0, 0.1) is 0 Å². The van der Waals surface area contributed by atoms with Gasteiger partial charge in [0.05, 0.1) is 12.9 Å². The molecule has 186 valence electrons. The number of carboxylic acid groups (broad SMARTS) is 1. The lowest BCUT2D eigenvalue weighted by Crippen LogP contribution is -2.21. The van der Waals surface area contributed by atoms with Crippen molar-refractivity contribution in [3.8, 4) is 11.5 Å². The van der Waals surface area contributed by atoms with E-state index in [0.717, 1.165) is 0 Å².